The minimum Gasteiger partial charge on any atom is -0.352 e. The summed E-state index contributed by atoms with van der Waals surface area (Å²) in [4.78, 5) is 26.5. The molecule has 8 nitrogen and oxygen atoms in total. The van der Waals surface area contributed by atoms with Gasteiger partial charge in [0.25, 0.3) is 0 Å². The monoisotopic (exact) mass is 301 g/mol. The zero-order chi connectivity index (χ0) is 15.2. The first-order chi connectivity index (χ1) is 10.8. The van der Waals surface area contributed by atoms with Crippen molar-refractivity contribution in [1.29, 1.82) is 0 Å². The van der Waals surface area contributed by atoms with E-state index in [1.807, 2.05) is 0 Å². The van der Waals surface area contributed by atoms with Crippen molar-refractivity contribution in [3.63, 3.8) is 0 Å². The molecule has 22 heavy (non-hydrogen) atoms. The summed E-state index contributed by atoms with van der Waals surface area (Å²) in [5.74, 6) is 0.764. The molecule has 2 aromatic heterocycles. The average Bonchev–Trinajstić information content (AvgIpc) is 3.08. The highest BCUT2D eigenvalue weighted by molar-refractivity contribution is 5.76. The summed E-state index contributed by atoms with van der Waals surface area (Å²) in [6, 6.07) is 1.94. The number of carbonyl (C=O) groups is 1. The Morgan fingerprint density at radius 2 is 2.23 bits per heavy atom. The molecule has 0 spiro atoms. The van der Waals surface area contributed by atoms with Crippen LogP contribution in [0.15, 0.2) is 31.1 Å². The van der Waals surface area contributed by atoms with Crippen LogP contribution in [0.5, 0.6) is 0 Å². The highest BCUT2D eigenvalue weighted by Crippen LogP contribution is 2.15. The molecular weight excluding hydrogens is 282 g/mol. The molecule has 3 rings (SSSR count). The average molecular weight is 301 g/mol. The maximum absolute atomic E-state index is 12.0. The lowest BCUT2D eigenvalue weighted by molar-refractivity contribution is -0.122. The summed E-state index contributed by atoms with van der Waals surface area (Å²) >= 11 is 0. The minimum absolute atomic E-state index is 0.0383. The number of amides is 1. The SMILES string of the molecule is O=C(CCn1cncn1)N[C@H]1CCCN(c2ncccn2)C1. The lowest BCUT2D eigenvalue weighted by atomic mass is 10.1. The largest absolute Gasteiger partial charge is 0.352 e. The fourth-order valence-corrected chi connectivity index (χ4v) is 2.60. The first-order valence-corrected chi connectivity index (χ1v) is 7.45. The van der Waals surface area contributed by atoms with Crippen LogP contribution in [-0.2, 0) is 11.3 Å². The van der Waals surface area contributed by atoms with Crippen LogP contribution in [-0.4, -0.2) is 49.8 Å². The van der Waals surface area contributed by atoms with Crippen molar-refractivity contribution < 1.29 is 4.79 Å². The summed E-state index contributed by atoms with van der Waals surface area (Å²) in [6.07, 6.45) is 8.97. The van der Waals surface area contributed by atoms with Crippen molar-refractivity contribution in [1.82, 2.24) is 30.0 Å². The van der Waals surface area contributed by atoms with Crippen molar-refractivity contribution in [3.05, 3.63) is 31.1 Å². The van der Waals surface area contributed by atoms with Crippen molar-refractivity contribution in [2.45, 2.75) is 31.8 Å². The van der Waals surface area contributed by atoms with E-state index in [4.69, 9.17) is 0 Å². The Balaban J connectivity index is 1.48. The zero-order valence-electron chi connectivity index (χ0n) is 12.3. The second kappa shape index (κ2) is 6.97. The molecule has 1 fully saturated rings. The van der Waals surface area contributed by atoms with E-state index in [9.17, 15) is 4.79 Å². The molecule has 1 saturated heterocycles. The van der Waals surface area contributed by atoms with Crippen LogP contribution in [0.4, 0.5) is 5.95 Å². The predicted molar refractivity (Wildman–Crippen MR) is 80.0 cm³/mol. The Morgan fingerprint density at radius 3 is 3.00 bits per heavy atom. The van der Waals surface area contributed by atoms with Crippen LogP contribution < -0.4 is 10.2 Å². The second-order valence-corrected chi connectivity index (χ2v) is 5.31. The topological polar surface area (TPSA) is 88.8 Å². The molecule has 0 radical (unpaired) electrons. The first-order valence-electron chi connectivity index (χ1n) is 7.45. The fraction of sp³-hybridized carbons (Fsp3) is 0.500. The molecule has 0 bridgehead atoms. The molecule has 0 aromatic carbocycles. The van der Waals surface area contributed by atoms with Gasteiger partial charge in [-0.05, 0) is 18.9 Å². The van der Waals surface area contributed by atoms with Gasteiger partial charge in [-0.2, -0.15) is 5.10 Å². The molecule has 1 aliphatic heterocycles. The van der Waals surface area contributed by atoms with Gasteiger partial charge in [-0.25, -0.2) is 15.0 Å². The minimum atomic E-state index is 0.0383. The first kappa shape index (κ1) is 14.4. The van der Waals surface area contributed by atoms with Gasteiger partial charge in [0, 0.05) is 37.9 Å². The van der Waals surface area contributed by atoms with Crippen LogP contribution >= 0.6 is 0 Å². The van der Waals surface area contributed by atoms with Gasteiger partial charge in [0.2, 0.25) is 11.9 Å². The Hall–Kier alpha value is -2.51. The number of nitrogens with zero attached hydrogens (tertiary/aromatic N) is 6. The molecule has 0 saturated carbocycles. The molecule has 8 heteroatoms. The Labute approximate surface area is 128 Å². The normalized spacial score (nSPS) is 18.2. The third-order valence-corrected chi connectivity index (χ3v) is 3.66. The van der Waals surface area contributed by atoms with Crippen molar-refractivity contribution in [2.24, 2.45) is 0 Å². The summed E-state index contributed by atoms with van der Waals surface area (Å²) in [7, 11) is 0. The molecule has 1 atom stereocenters. The van der Waals surface area contributed by atoms with E-state index in [2.05, 4.69) is 30.3 Å². The summed E-state index contributed by atoms with van der Waals surface area (Å²) in [5.41, 5.74) is 0. The van der Waals surface area contributed by atoms with Gasteiger partial charge in [0.05, 0.1) is 6.54 Å². The van der Waals surface area contributed by atoms with Gasteiger partial charge in [-0.15, -0.1) is 0 Å². The van der Waals surface area contributed by atoms with Gasteiger partial charge < -0.3 is 10.2 Å². The molecular formula is C14H19N7O. The standard InChI is InChI=1S/C14H19N7O/c22-13(4-8-21-11-15-10-18-21)19-12-3-1-7-20(9-12)14-16-5-2-6-17-14/h2,5-6,10-12H,1,3-4,7-9H2,(H,19,22)/t12-/m0/s1. The number of nitrogens with one attached hydrogen (secondary N) is 1. The number of carbonyl (C=O) groups excluding carboxylic acids is 1. The van der Waals surface area contributed by atoms with E-state index in [1.165, 1.54) is 6.33 Å². The molecule has 0 aliphatic carbocycles. The molecule has 116 valence electrons. The van der Waals surface area contributed by atoms with Gasteiger partial charge in [0.15, 0.2) is 0 Å². The maximum Gasteiger partial charge on any atom is 0.225 e. The van der Waals surface area contributed by atoms with Crippen LogP contribution in [0.2, 0.25) is 0 Å². The molecule has 2 aromatic rings. The van der Waals surface area contributed by atoms with Gasteiger partial charge >= 0.3 is 0 Å². The number of aromatic nitrogens is 5. The van der Waals surface area contributed by atoms with E-state index in [0.29, 0.717) is 13.0 Å². The molecule has 0 unspecified atom stereocenters. The van der Waals surface area contributed by atoms with E-state index >= 15 is 0 Å². The zero-order valence-corrected chi connectivity index (χ0v) is 12.3. The van der Waals surface area contributed by atoms with E-state index in [-0.39, 0.29) is 11.9 Å². The maximum atomic E-state index is 12.0. The third kappa shape index (κ3) is 3.78. The highest BCUT2D eigenvalue weighted by Gasteiger charge is 2.22. The number of aryl methyl sites for hydroxylation is 1. The van der Waals surface area contributed by atoms with Gasteiger partial charge in [0.1, 0.15) is 12.7 Å². The van der Waals surface area contributed by atoms with Crippen molar-refractivity contribution in [3.8, 4) is 0 Å². The number of hydrogen-bond acceptors (Lipinski definition) is 6. The Bertz CT molecular complexity index is 587. The number of piperidine rings is 1. The molecule has 1 N–H and O–H groups in total. The van der Waals surface area contributed by atoms with E-state index in [1.54, 1.807) is 29.5 Å². The highest BCUT2D eigenvalue weighted by atomic mass is 16.1. The Morgan fingerprint density at radius 1 is 1.36 bits per heavy atom. The third-order valence-electron chi connectivity index (χ3n) is 3.66. The fourth-order valence-electron chi connectivity index (χ4n) is 2.60. The predicted octanol–water partition coefficient (Wildman–Crippen LogP) is 0.243. The lowest BCUT2D eigenvalue weighted by Crippen LogP contribution is -2.48. The van der Waals surface area contributed by atoms with Gasteiger partial charge in [-0.3, -0.25) is 9.48 Å². The number of anilines is 1. The van der Waals surface area contributed by atoms with Crippen LogP contribution in [0.25, 0.3) is 0 Å². The van der Waals surface area contributed by atoms with Crippen molar-refractivity contribution in [2.75, 3.05) is 18.0 Å². The number of hydrogen-bond donors (Lipinski definition) is 1. The lowest BCUT2D eigenvalue weighted by Gasteiger charge is -2.33. The van der Waals surface area contributed by atoms with E-state index < -0.39 is 0 Å². The quantitative estimate of drug-likeness (QED) is 0.851. The number of rotatable bonds is 5. The summed E-state index contributed by atoms with van der Waals surface area (Å²) in [6.45, 7) is 2.22. The van der Waals surface area contributed by atoms with Crippen LogP contribution in [0, 0.1) is 0 Å². The smallest absolute Gasteiger partial charge is 0.225 e. The molecule has 1 aliphatic rings. The van der Waals surface area contributed by atoms with Gasteiger partial charge in [-0.1, -0.05) is 0 Å². The van der Waals surface area contributed by atoms with Crippen LogP contribution in [0.1, 0.15) is 19.3 Å². The molecule has 3 heterocycles. The summed E-state index contributed by atoms with van der Waals surface area (Å²) < 4.78 is 1.66. The Kier molecular flexibility index (Phi) is 4.57. The van der Waals surface area contributed by atoms with Crippen molar-refractivity contribution >= 4 is 11.9 Å². The second-order valence-electron chi connectivity index (χ2n) is 5.31. The van der Waals surface area contributed by atoms with Crippen LogP contribution in [0.3, 0.4) is 0 Å². The molecule has 1 amide bonds. The van der Waals surface area contributed by atoms with E-state index in [0.717, 1.165) is 31.9 Å². The summed E-state index contributed by atoms with van der Waals surface area (Å²) in [5, 5.41) is 7.07.